The molecule has 1 heteroatoms. The summed E-state index contributed by atoms with van der Waals surface area (Å²) in [4.78, 5) is 2.08. The van der Waals surface area contributed by atoms with Crippen molar-refractivity contribution >= 4 is 16.9 Å². The molecule has 0 rings (SSSR count). The molecule has 0 N–H and O–H groups in total. The molecular weight excluding hydrogens is 195 g/mol. The quantitative estimate of drug-likeness (QED) is 0.450. The van der Waals surface area contributed by atoms with Crippen molar-refractivity contribution < 1.29 is 0 Å². The van der Waals surface area contributed by atoms with Gasteiger partial charge < -0.3 is 0 Å². The summed E-state index contributed by atoms with van der Waals surface area (Å²) in [6, 6.07) is 0. The molecule has 0 saturated carbocycles. The van der Waals surface area contributed by atoms with Gasteiger partial charge in [0.15, 0.2) is 0 Å². The molecule has 0 spiro atoms. The van der Waals surface area contributed by atoms with Crippen molar-refractivity contribution in [2.75, 3.05) is 0 Å². The number of hydrogen-bond donors (Lipinski definition) is 0. The van der Waals surface area contributed by atoms with E-state index in [4.69, 9.17) is 0 Å². The molecule has 0 bridgehead atoms. The Balaban J connectivity index is 2.79. The van der Waals surface area contributed by atoms with Gasteiger partial charge >= 0.3 is 79.7 Å². The van der Waals surface area contributed by atoms with Crippen LogP contribution >= 0.6 is 0 Å². The van der Waals surface area contributed by atoms with Gasteiger partial charge in [0.05, 0.1) is 0 Å². The zero-order valence-corrected chi connectivity index (χ0v) is 9.43. The van der Waals surface area contributed by atoms with Crippen LogP contribution < -0.4 is 0 Å². The van der Waals surface area contributed by atoms with E-state index in [9.17, 15) is 0 Å². The monoisotopic (exact) mass is 214 g/mol. The van der Waals surface area contributed by atoms with Crippen LogP contribution in [0, 0.1) is 0 Å². The van der Waals surface area contributed by atoms with Crippen molar-refractivity contribution in [3.8, 4) is 0 Å². The van der Waals surface area contributed by atoms with Crippen molar-refractivity contribution in [2.24, 2.45) is 0 Å². The Bertz CT molecular complexity index is 86.9. The molecule has 0 atom stereocenters. The summed E-state index contributed by atoms with van der Waals surface area (Å²) in [6.45, 7) is 2.26. The second kappa shape index (κ2) is 10.3. The van der Waals surface area contributed by atoms with Gasteiger partial charge in [-0.2, -0.15) is 0 Å². The van der Waals surface area contributed by atoms with E-state index in [-0.39, 0.29) is 0 Å². The van der Waals surface area contributed by atoms with Crippen molar-refractivity contribution in [3.05, 3.63) is 10.9 Å². The maximum absolute atomic E-state index is 2.48. The van der Waals surface area contributed by atoms with Gasteiger partial charge in [-0.1, -0.05) is 0 Å². The van der Waals surface area contributed by atoms with Gasteiger partial charge in [0.25, 0.3) is 0 Å². The summed E-state index contributed by atoms with van der Waals surface area (Å²) < 4.78 is 0. The van der Waals surface area contributed by atoms with Crippen LogP contribution in [0.1, 0.15) is 51.9 Å². The zero-order valence-electron chi connectivity index (χ0n) is 7.55. The van der Waals surface area contributed by atoms with Gasteiger partial charge in [-0.15, -0.1) is 0 Å². The second-order valence-electron chi connectivity index (χ2n) is 2.94. The van der Waals surface area contributed by atoms with Crippen LogP contribution in [0.4, 0.5) is 0 Å². The molecule has 0 aliphatic rings. The van der Waals surface area contributed by atoms with Gasteiger partial charge in [-0.25, -0.2) is 0 Å². The normalized spacial score (nSPS) is 11.1. The summed E-state index contributed by atoms with van der Waals surface area (Å²) in [5, 5.41) is 0. The Morgan fingerprint density at radius 3 is 2.27 bits per heavy atom. The Morgan fingerprint density at radius 1 is 1.00 bits per heavy atom. The van der Waals surface area contributed by atoms with Crippen molar-refractivity contribution in [1.29, 1.82) is 0 Å². The van der Waals surface area contributed by atoms with Crippen LogP contribution in [-0.4, -0.2) is 16.9 Å². The first-order valence-electron chi connectivity index (χ1n) is 4.71. The Hall–Kier alpha value is 0.298. The first-order chi connectivity index (χ1) is 5.41. The number of unbranched alkanes of at least 4 members (excludes halogenated alkanes) is 6. The number of hydrogen-bond acceptors (Lipinski definition) is 0. The molecule has 64 valence electrons. The van der Waals surface area contributed by atoms with Crippen LogP contribution in [0.15, 0.2) is 10.9 Å². The molecule has 0 aliphatic carbocycles. The SMILES string of the molecule is CCCCCCCC/C=C/[As]. The van der Waals surface area contributed by atoms with E-state index in [1.54, 1.807) is 0 Å². The van der Waals surface area contributed by atoms with Crippen molar-refractivity contribution in [1.82, 2.24) is 0 Å². The maximum atomic E-state index is 2.48. The van der Waals surface area contributed by atoms with E-state index < -0.39 is 0 Å². The molecule has 0 amide bonds. The molecule has 11 heavy (non-hydrogen) atoms. The van der Waals surface area contributed by atoms with Gasteiger partial charge in [-0.05, 0) is 0 Å². The van der Waals surface area contributed by atoms with Crippen LogP contribution in [-0.2, 0) is 0 Å². The second-order valence-corrected chi connectivity index (χ2v) is 3.57. The Labute approximate surface area is 80.0 Å². The average Bonchev–Trinajstić information content (AvgIpc) is 2.03. The molecule has 0 aromatic carbocycles. The van der Waals surface area contributed by atoms with Crippen molar-refractivity contribution in [3.63, 3.8) is 0 Å². The first kappa shape index (κ1) is 11.3. The van der Waals surface area contributed by atoms with E-state index in [1.807, 2.05) is 0 Å². The molecular formula is C10H19As. The molecule has 0 unspecified atom stereocenters. The van der Waals surface area contributed by atoms with Gasteiger partial charge in [0.2, 0.25) is 0 Å². The molecule has 0 fully saturated rings. The Morgan fingerprint density at radius 2 is 1.64 bits per heavy atom. The minimum absolute atomic E-state index is 1.26. The van der Waals surface area contributed by atoms with Gasteiger partial charge in [0, 0.05) is 0 Å². The van der Waals surface area contributed by atoms with E-state index >= 15 is 0 Å². The minimum atomic E-state index is 1.26. The molecule has 0 aromatic rings. The molecule has 0 nitrogen and oxygen atoms in total. The fourth-order valence-electron chi connectivity index (χ4n) is 1.12. The van der Waals surface area contributed by atoms with Gasteiger partial charge in [0.1, 0.15) is 0 Å². The summed E-state index contributed by atoms with van der Waals surface area (Å²) in [5.74, 6) is 0. The fraction of sp³-hybridized carbons (Fsp3) is 0.800. The number of allylic oxidation sites excluding steroid dienone is 1. The Kier molecular flexibility index (Phi) is 10.6. The zero-order chi connectivity index (χ0) is 8.36. The molecule has 0 heterocycles. The van der Waals surface area contributed by atoms with Crippen LogP contribution in [0.3, 0.4) is 0 Å². The summed E-state index contributed by atoms with van der Waals surface area (Å²) in [7, 11) is 0. The molecule has 2 radical (unpaired) electrons. The first-order valence-corrected chi connectivity index (χ1v) is 5.79. The van der Waals surface area contributed by atoms with Crippen LogP contribution in [0.25, 0.3) is 0 Å². The number of rotatable bonds is 7. The fourth-order valence-corrected chi connectivity index (χ4v) is 1.43. The van der Waals surface area contributed by atoms with Crippen LogP contribution in [0.5, 0.6) is 0 Å². The third-order valence-corrected chi connectivity index (χ3v) is 2.27. The molecule has 0 aliphatic heterocycles. The topological polar surface area (TPSA) is 0 Å². The standard InChI is InChI=1S/C10H19As/c1-2-3-4-5-6-7-8-9-10-11/h9-10H,2-8H2,1H3/b10-9+. The van der Waals surface area contributed by atoms with E-state index in [2.05, 4.69) is 34.7 Å². The molecule has 0 aromatic heterocycles. The third-order valence-electron chi connectivity index (χ3n) is 1.83. The predicted octanol–water partition coefficient (Wildman–Crippen LogP) is 3.42. The van der Waals surface area contributed by atoms with E-state index in [1.165, 1.54) is 44.9 Å². The van der Waals surface area contributed by atoms with Crippen molar-refractivity contribution in [2.45, 2.75) is 51.9 Å². The average molecular weight is 214 g/mol. The van der Waals surface area contributed by atoms with E-state index in [0.29, 0.717) is 0 Å². The predicted molar refractivity (Wildman–Crippen MR) is 52.9 cm³/mol. The van der Waals surface area contributed by atoms with E-state index in [0.717, 1.165) is 0 Å². The summed E-state index contributed by atoms with van der Waals surface area (Å²) in [6.07, 6.45) is 11.9. The van der Waals surface area contributed by atoms with Gasteiger partial charge in [-0.3, -0.25) is 0 Å². The van der Waals surface area contributed by atoms with Crippen LogP contribution in [0.2, 0.25) is 0 Å². The molecule has 0 saturated heterocycles. The summed E-state index contributed by atoms with van der Waals surface area (Å²) >= 11 is 2.48. The summed E-state index contributed by atoms with van der Waals surface area (Å²) in [5.41, 5.74) is 0. The third kappa shape index (κ3) is 10.3.